The number of aromatic nitrogens is 2. The highest BCUT2D eigenvalue weighted by Crippen LogP contribution is 2.33. The van der Waals surface area contributed by atoms with Crippen LogP contribution in [0.3, 0.4) is 0 Å². The van der Waals surface area contributed by atoms with Crippen LogP contribution < -0.4 is 11.6 Å². The molecule has 0 unspecified atom stereocenters. The number of nitrogens with zero attached hydrogens (tertiary/aromatic N) is 2. The summed E-state index contributed by atoms with van der Waals surface area (Å²) < 4.78 is 15.4. The topological polar surface area (TPSA) is 69.9 Å². The Morgan fingerprint density at radius 2 is 2.06 bits per heavy atom. The molecule has 18 heavy (non-hydrogen) atoms. The minimum atomic E-state index is -0.342. The Morgan fingerprint density at radius 3 is 2.61 bits per heavy atom. The number of hydrogen-bond acceptors (Lipinski definition) is 3. The molecule has 4 N–H and O–H groups in total. The highest BCUT2D eigenvalue weighted by Gasteiger charge is 2.18. The minimum absolute atomic E-state index is 0.137. The van der Waals surface area contributed by atoms with Crippen LogP contribution in [-0.4, -0.2) is 9.66 Å². The van der Waals surface area contributed by atoms with Crippen LogP contribution in [0.1, 0.15) is 25.6 Å². The van der Waals surface area contributed by atoms with Crippen LogP contribution in [0.5, 0.6) is 0 Å². The monoisotopic (exact) mass is 312 g/mol. The summed E-state index contributed by atoms with van der Waals surface area (Å²) in [6, 6.07) is 4.37. The summed E-state index contributed by atoms with van der Waals surface area (Å²) in [6.07, 6.45) is 0. The molecule has 1 aromatic heterocycles. The Morgan fingerprint density at radius 1 is 1.39 bits per heavy atom. The largest absolute Gasteiger partial charge is 0.382 e. The Hall–Kier alpha value is -1.56. The van der Waals surface area contributed by atoms with Crippen LogP contribution in [-0.2, 0) is 0 Å². The van der Waals surface area contributed by atoms with Gasteiger partial charge in [0.1, 0.15) is 17.3 Å². The van der Waals surface area contributed by atoms with Crippen molar-refractivity contribution in [3.63, 3.8) is 0 Å². The zero-order valence-corrected chi connectivity index (χ0v) is 11.7. The molecule has 0 fully saturated rings. The first kappa shape index (κ1) is 12.9. The second-order valence-corrected chi connectivity index (χ2v) is 5.21. The molecule has 0 amide bonds. The average Bonchev–Trinajstić information content (AvgIpc) is 2.60. The molecule has 0 aliphatic heterocycles. The predicted octanol–water partition coefficient (Wildman–Crippen LogP) is 2.87. The smallest absolute Gasteiger partial charge is 0.150 e. The minimum Gasteiger partial charge on any atom is -0.382 e. The van der Waals surface area contributed by atoms with Gasteiger partial charge in [0.2, 0.25) is 0 Å². The third-order valence-electron chi connectivity index (χ3n) is 2.68. The summed E-state index contributed by atoms with van der Waals surface area (Å²) in [6.45, 7) is 3.94. The van der Waals surface area contributed by atoms with Gasteiger partial charge in [-0.3, -0.25) is 0 Å². The normalized spacial score (nSPS) is 11.2. The fourth-order valence-electron chi connectivity index (χ4n) is 1.75. The van der Waals surface area contributed by atoms with Crippen molar-refractivity contribution in [2.45, 2.75) is 19.8 Å². The number of hydrogen-bond donors (Lipinski definition) is 2. The Balaban J connectivity index is 2.64. The number of imidazole rings is 1. The van der Waals surface area contributed by atoms with Crippen molar-refractivity contribution >= 4 is 21.7 Å². The maximum absolute atomic E-state index is 13.3. The molecule has 0 bridgehead atoms. The van der Waals surface area contributed by atoms with Crippen molar-refractivity contribution in [3.8, 4) is 11.3 Å². The van der Waals surface area contributed by atoms with Crippen molar-refractivity contribution < 1.29 is 4.39 Å². The zero-order chi connectivity index (χ0) is 13.4. The van der Waals surface area contributed by atoms with E-state index in [4.69, 9.17) is 11.6 Å². The van der Waals surface area contributed by atoms with E-state index >= 15 is 0 Å². The number of benzene rings is 1. The van der Waals surface area contributed by atoms with Crippen molar-refractivity contribution in [1.82, 2.24) is 9.66 Å². The molecule has 0 radical (unpaired) electrons. The lowest BCUT2D eigenvalue weighted by atomic mass is 10.1. The summed E-state index contributed by atoms with van der Waals surface area (Å²) in [5, 5.41) is 0. The second-order valence-electron chi connectivity index (χ2n) is 4.35. The summed E-state index contributed by atoms with van der Waals surface area (Å²) in [4.78, 5) is 4.40. The number of anilines is 1. The van der Waals surface area contributed by atoms with Crippen LogP contribution in [0, 0.1) is 5.82 Å². The Bertz CT molecular complexity index is 592. The zero-order valence-electron chi connectivity index (χ0n) is 10.1. The van der Waals surface area contributed by atoms with Gasteiger partial charge in [0.05, 0.1) is 0 Å². The molecule has 4 nitrogen and oxygen atoms in total. The lowest BCUT2D eigenvalue weighted by molar-refractivity contribution is 0.628. The number of nitrogens with two attached hydrogens (primary N) is 2. The van der Waals surface area contributed by atoms with E-state index in [1.165, 1.54) is 16.8 Å². The van der Waals surface area contributed by atoms with E-state index in [0.29, 0.717) is 22.9 Å². The van der Waals surface area contributed by atoms with E-state index < -0.39 is 0 Å². The van der Waals surface area contributed by atoms with Crippen LogP contribution in [0.4, 0.5) is 10.2 Å². The standard InChI is InChI=1S/C12H14BrFN4/c1-6(2)12-17-10(11(15)18(12)16)8-5-7(14)3-4-9(8)13/h3-6H,15-16H2,1-2H3. The van der Waals surface area contributed by atoms with Crippen LogP contribution >= 0.6 is 15.9 Å². The summed E-state index contributed by atoms with van der Waals surface area (Å²) in [5.41, 5.74) is 7.01. The molecule has 2 rings (SSSR count). The van der Waals surface area contributed by atoms with Gasteiger partial charge in [0, 0.05) is 16.0 Å². The number of nitrogen functional groups attached to an aromatic ring is 2. The quantitative estimate of drug-likeness (QED) is 0.838. The molecule has 6 heteroatoms. The lowest BCUT2D eigenvalue weighted by Gasteiger charge is -2.04. The lowest BCUT2D eigenvalue weighted by Crippen LogP contribution is -2.16. The van der Waals surface area contributed by atoms with Crippen LogP contribution in [0.25, 0.3) is 11.3 Å². The van der Waals surface area contributed by atoms with E-state index in [-0.39, 0.29) is 11.7 Å². The SMILES string of the molecule is CC(C)c1nc(-c2cc(F)ccc2Br)c(N)n1N. The number of rotatable bonds is 2. The molecule has 0 saturated carbocycles. The number of halogens is 2. The molecule has 1 aromatic carbocycles. The fourth-order valence-corrected chi connectivity index (χ4v) is 2.18. The predicted molar refractivity (Wildman–Crippen MR) is 74.0 cm³/mol. The summed E-state index contributed by atoms with van der Waals surface area (Å²) >= 11 is 3.36. The molecule has 0 aliphatic carbocycles. The van der Waals surface area contributed by atoms with Gasteiger partial charge >= 0.3 is 0 Å². The van der Waals surface area contributed by atoms with Gasteiger partial charge in [0.15, 0.2) is 5.82 Å². The van der Waals surface area contributed by atoms with E-state index in [9.17, 15) is 4.39 Å². The van der Waals surface area contributed by atoms with Gasteiger partial charge in [0.25, 0.3) is 0 Å². The maximum Gasteiger partial charge on any atom is 0.150 e. The average molecular weight is 313 g/mol. The van der Waals surface area contributed by atoms with Gasteiger partial charge < -0.3 is 11.6 Å². The highest BCUT2D eigenvalue weighted by atomic mass is 79.9. The van der Waals surface area contributed by atoms with E-state index in [2.05, 4.69) is 20.9 Å². The van der Waals surface area contributed by atoms with Crippen molar-refractivity contribution in [2.24, 2.45) is 0 Å². The third kappa shape index (κ3) is 2.08. The molecule has 2 aromatic rings. The Labute approximate surface area is 113 Å². The first-order valence-electron chi connectivity index (χ1n) is 5.50. The van der Waals surface area contributed by atoms with Gasteiger partial charge in [-0.2, -0.15) is 0 Å². The summed E-state index contributed by atoms with van der Waals surface area (Å²) in [5.74, 6) is 6.63. The first-order valence-corrected chi connectivity index (χ1v) is 6.29. The van der Waals surface area contributed by atoms with Gasteiger partial charge in [-0.15, -0.1) is 0 Å². The molecule has 96 valence electrons. The molecule has 0 spiro atoms. The van der Waals surface area contributed by atoms with Crippen molar-refractivity contribution in [1.29, 1.82) is 0 Å². The third-order valence-corrected chi connectivity index (χ3v) is 3.37. The maximum atomic E-state index is 13.3. The molecular formula is C12H14BrFN4. The van der Waals surface area contributed by atoms with E-state index in [0.717, 1.165) is 4.47 Å². The van der Waals surface area contributed by atoms with Crippen LogP contribution in [0.2, 0.25) is 0 Å². The molecule has 0 saturated heterocycles. The van der Waals surface area contributed by atoms with Gasteiger partial charge in [-0.05, 0) is 18.2 Å². The van der Waals surface area contributed by atoms with E-state index in [1.54, 1.807) is 6.07 Å². The fraction of sp³-hybridized carbons (Fsp3) is 0.250. The van der Waals surface area contributed by atoms with Gasteiger partial charge in [-0.25, -0.2) is 14.1 Å². The summed E-state index contributed by atoms with van der Waals surface area (Å²) in [7, 11) is 0. The van der Waals surface area contributed by atoms with E-state index in [1.807, 2.05) is 13.8 Å². The molecular weight excluding hydrogens is 299 g/mol. The van der Waals surface area contributed by atoms with Crippen molar-refractivity contribution in [2.75, 3.05) is 11.6 Å². The molecule has 1 heterocycles. The Kier molecular flexibility index (Phi) is 3.30. The first-order chi connectivity index (χ1) is 8.41. The highest BCUT2D eigenvalue weighted by molar-refractivity contribution is 9.10. The molecule has 0 aliphatic rings. The van der Waals surface area contributed by atoms with Crippen molar-refractivity contribution in [3.05, 3.63) is 34.3 Å². The van der Waals surface area contributed by atoms with Crippen LogP contribution in [0.15, 0.2) is 22.7 Å². The second kappa shape index (κ2) is 4.61. The molecule has 0 atom stereocenters. The van der Waals surface area contributed by atoms with Gasteiger partial charge in [-0.1, -0.05) is 29.8 Å².